The van der Waals surface area contributed by atoms with Crippen molar-refractivity contribution in [2.24, 2.45) is 0 Å². The fraction of sp³-hybridized carbons (Fsp3) is 0.667. The summed E-state index contributed by atoms with van der Waals surface area (Å²) in [6.45, 7) is 10.4. The molecule has 1 N–H and O–H groups in total. The van der Waals surface area contributed by atoms with Crippen molar-refractivity contribution in [3.8, 4) is 0 Å². The zero-order chi connectivity index (χ0) is 28.4. The predicted octanol–water partition coefficient (Wildman–Crippen LogP) is 3.36. The number of aliphatic hydroxyl groups is 1. The quantitative estimate of drug-likeness (QED) is 0.123. The van der Waals surface area contributed by atoms with Crippen LogP contribution < -0.4 is 5.30 Å². The van der Waals surface area contributed by atoms with Gasteiger partial charge in [-0.1, -0.05) is 0 Å². The van der Waals surface area contributed by atoms with Crippen molar-refractivity contribution in [3.63, 3.8) is 0 Å². The van der Waals surface area contributed by atoms with Gasteiger partial charge in [-0.25, -0.2) is 0 Å². The minimum absolute atomic E-state index is 0.152. The molecule has 1 aromatic carbocycles. The van der Waals surface area contributed by atoms with Crippen LogP contribution in [-0.4, -0.2) is 117 Å². The second-order valence-electron chi connectivity index (χ2n) is 9.27. The van der Waals surface area contributed by atoms with Gasteiger partial charge in [0.15, 0.2) is 0 Å². The molecule has 0 aromatic heterocycles. The van der Waals surface area contributed by atoms with Crippen LogP contribution in [0.15, 0.2) is 53.9 Å². The number of hydrogen-bond donors (Lipinski definition) is 1. The maximum atomic E-state index is 8.65. The van der Waals surface area contributed by atoms with Crippen molar-refractivity contribution in [1.82, 2.24) is 0 Å². The van der Waals surface area contributed by atoms with Crippen LogP contribution >= 0.6 is 7.49 Å². The maximum absolute atomic E-state index is 8.65. The molecule has 0 aliphatic heterocycles. The number of allylic oxidation sites excluding steroid dienone is 4. The molecule has 1 aromatic rings. The fourth-order valence-corrected chi connectivity index (χ4v) is 7.09. The van der Waals surface area contributed by atoms with Crippen LogP contribution in [0.4, 0.5) is 0 Å². The zero-order valence-corrected chi connectivity index (χ0v) is 25.3. The molecular weight excluding hydrogens is 535 g/mol. The Balaban J connectivity index is 1.34. The Morgan fingerprint density at radius 2 is 1.07 bits per heavy atom. The van der Waals surface area contributed by atoms with Gasteiger partial charge in [0.05, 0.1) is 39.6 Å². The van der Waals surface area contributed by atoms with Crippen LogP contribution in [0.2, 0.25) is 0 Å². The topological polar surface area (TPSA) is 94.1 Å². The first kappa shape index (κ1) is 35.0. The Kier molecular flexibility index (Phi) is 21.3. The van der Waals surface area contributed by atoms with Gasteiger partial charge in [0.1, 0.15) is 0 Å². The first-order valence-corrected chi connectivity index (χ1v) is 16.9. The Morgan fingerprint density at radius 1 is 0.625 bits per heavy atom. The Bertz CT molecular complexity index is 778. The molecule has 230 valence electrons. The molecule has 0 spiro atoms. The monoisotopic (exact) mass is 586 g/mol. The summed E-state index contributed by atoms with van der Waals surface area (Å²) in [4.78, 5) is 0. The molecule has 0 bridgehead atoms. The van der Waals surface area contributed by atoms with Gasteiger partial charge in [0.2, 0.25) is 0 Å². The van der Waals surface area contributed by atoms with Crippen molar-refractivity contribution in [2.75, 3.05) is 112 Å². The summed E-state index contributed by atoms with van der Waals surface area (Å²) in [5, 5.41) is 11.4. The molecule has 0 unspecified atom stereocenters. The van der Waals surface area contributed by atoms with E-state index in [2.05, 4.69) is 55.2 Å². The van der Waals surface area contributed by atoms with Gasteiger partial charge in [0, 0.05) is 13.2 Å². The van der Waals surface area contributed by atoms with Crippen molar-refractivity contribution in [3.05, 3.63) is 53.9 Å². The average Bonchev–Trinajstić information content (AvgIpc) is 3.00. The summed E-state index contributed by atoms with van der Waals surface area (Å²) in [5.41, 5.74) is 0. The molecule has 1 aliphatic carbocycles. The standard InChI is InChI=1S/C30H51O9P/c1-40(29-9-4-2-5-10-29,30-11-6-3-7-12-30)39-28-27-38-26-25-37-24-23-36-22-21-35-20-19-34-18-17-33-16-15-32-14-8-13-31/h2-6,9-11,31,40H,7-8,12-28H2,1H3. The number of ether oxygens (including phenoxy) is 7. The summed E-state index contributed by atoms with van der Waals surface area (Å²) in [6, 6.07) is 10.6. The molecule has 9 nitrogen and oxygen atoms in total. The van der Waals surface area contributed by atoms with E-state index in [1.807, 2.05) is 0 Å². The zero-order valence-electron chi connectivity index (χ0n) is 24.3. The van der Waals surface area contributed by atoms with Crippen LogP contribution in [0.1, 0.15) is 19.3 Å². The number of hydrogen-bond acceptors (Lipinski definition) is 9. The predicted molar refractivity (Wildman–Crippen MR) is 160 cm³/mol. The molecule has 40 heavy (non-hydrogen) atoms. The molecule has 10 heteroatoms. The van der Waals surface area contributed by atoms with Crippen molar-refractivity contribution in [2.45, 2.75) is 19.3 Å². The number of rotatable bonds is 27. The Labute approximate surface area is 241 Å². The molecule has 0 heterocycles. The van der Waals surface area contributed by atoms with Gasteiger partial charge in [0.25, 0.3) is 0 Å². The summed E-state index contributed by atoms with van der Waals surface area (Å²) >= 11 is 0. The van der Waals surface area contributed by atoms with E-state index in [1.165, 1.54) is 10.6 Å². The Hall–Kier alpha value is -1.23. The summed E-state index contributed by atoms with van der Waals surface area (Å²) in [6.07, 6.45) is 9.40. The van der Waals surface area contributed by atoms with Crippen molar-refractivity contribution < 1.29 is 42.8 Å². The summed E-state index contributed by atoms with van der Waals surface area (Å²) in [7, 11) is -2.19. The van der Waals surface area contributed by atoms with E-state index < -0.39 is 7.49 Å². The second kappa shape index (κ2) is 24.4. The summed E-state index contributed by atoms with van der Waals surface area (Å²) in [5.74, 6) is 0. The molecule has 0 radical (unpaired) electrons. The molecule has 0 saturated carbocycles. The van der Waals surface area contributed by atoms with E-state index in [0.29, 0.717) is 106 Å². The third-order valence-electron chi connectivity index (χ3n) is 6.25. The molecule has 2 rings (SSSR count). The van der Waals surface area contributed by atoms with Crippen LogP contribution in [0.25, 0.3) is 0 Å². The van der Waals surface area contributed by atoms with E-state index in [9.17, 15) is 0 Å². The molecule has 0 fully saturated rings. The van der Waals surface area contributed by atoms with Crippen LogP contribution in [0.3, 0.4) is 0 Å². The SMILES string of the molecule is C[PH](OCCOCCOCCOCCOCCOCCOCCOCCCO)(C1=CC=CCC1)c1ccccc1. The first-order valence-electron chi connectivity index (χ1n) is 14.5. The third-order valence-corrected chi connectivity index (χ3v) is 10.1. The van der Waals surface area contributed by atoms with Crippen molar-refractivity contribution in [1.29, 1.82) is 0 Å². The normalized spacial score (nSPS) is 14.0. The average molecular weight is 587 g/mol. The van der Waals surface area contributed by atoms with Gasteiger partial charge in [-0.2, -0.15) is 0 Å². The molecule has 0 amide bonds. The molecule has 1 aliphatic rings. The van der Waals surface area contributed by atoms with Crippen LogP contribution in [0, 0.1) is 0 Å². The van der Waals surface area contributed by atoms with Gasteiger partial charge in [-0.05, 0) is 6.42 Å². The van der Waals surface area contributed by atoms with Gasteiger partial charge in [-0.3, -0.25) is 0 Å². The first-order chi connectivity index (χ1) is 19.8. The van der Waals surface area contributed by atoms with Crippen molar-refractivity contribution >= 4 is 12.8 Å². The second-order valence-corrected chi connectivity index (χ2v) is 12.8. The van der Waals surface area contributed by atoms with E-state index in [4.69, 9.17) is 42.8 Å². The number of aliphatic hydroxyl groups excluding tert-OH is 1. The number of benzene rings is 1. The van der Waals surface area contributed by atoms with Gasteiger partial charge in [-0.15, -0.1) is 0 Å². The summed E-state index contributed by atoms with van der Waals surface area (Å²) < 4.78 is 44.9. The minimum atomic E-state index is -2.19. The van der Waals surface area contributed by atoms with E-state index in [0.717, 1.165) is 12.8 Å². The fourth-order valence-electron chi connectivity index (χ4n) is 4.01. The van der Waals surface area contributed by atoms with E-state index >= 15 is 0 Å². The van der Waals surface area contributed by atoms with E-state index in [1.54, 1.807) is 0 Å². The van der Waals surface area contributed by atoms with Crippen LogP contribution in [-0.2, 0) is 37.7 Å². The molecule has 0 atom stereocenters. The molecule has 0 saturated heterocycles. The van der Waals surface area contributed by atoms with Gasteiger partial charge >= 0.3 is 158 Å². The van der Waals surface area contributed by atoms with Gasteiger partial charge < -0.3 is 24.1 Å². The Morgan fingerprint density at radius 3 is 1.50 bits per heavy atom. The molecular formula is C30H51O9P. The third kappa shape index (κ3) is 16.3. The van der Waals surface area contributed by atoms with E-state index in [-0.39, 0.29) is 6.61 Å². The van der Waals surface area contributed by atoms with Crippen LogP contribution in [0.5, 0.6) is 0 Å².